The van der Waals surface area contributed by atoms with Crippen LogP contribution in [0.5, 0.6) is 0 Å². The molecule has 5 heteroatoms. The molecule has 0 saturated carbocycles. The van der Waals surface area contributed by atoms with Crippen molar-refractivity contribution in [1.82, 2.24) is 4.90 Å². The highest BCUT2D eigenvalue weighted by atomic mass is 16.5. The molecule has 1 aliphatic rings. The van der Waals surface area contributed by atoms with Crippen LogP contribution in [0.15, 0.2) is 0 Å². The molecular formula is C11H21NO4. The maximum absolute atomic E-state index is 10.8. The van der Waals surface area contributed by atoms with Gasteiger partial charge in [0, 0.05) is 26.7 Å². The summed E-state index contributed by atoms with van der Waals surface area (Å²) < 4.78 is 10.5. The Bertz CT molecular complexity index is 242. The Labute approximate surface area is 96.3 Å². The van der Waals surface area contributed by atoms with Crippen LogP contribution in [0.1, 0.15) is 20.3 Å². The number of carboxylic acid groups (broad SMARTS) is 1. The first kappa shape index (κ1) is 13.4. The Morgan fingerprint density at radius 3 is 2.88 bits per heavy atom. The molecule has 1 aliphatic heterocycles. The van der Waals surface area contributed by atoms with Gasteiger partial charge in [0.2, 0.25) is 0 Å². The predicted molar refractivity (Wildman–Crippen MR) is 59.5 cm³/mol. The molecule has 94 valence electrons. The van der Waals surface area contributed by atoms with Crippen LogP contribution in [0.2, 0.25) is 0 Å². The van der Waals surface area contributed by atoms with Crippen molar-refractivity contribution in [3.8, 4) is 0 Å². The van der Waals surface area contributed by atoms with Gasteiger partial charge in [0.1, 0.15) is 0 Å². The summed E-state index contributed by atoms with van der Waals surface area (Å²) in [5, 5.41) is 8.85. The second-order valence-corrected chi connectivity index (χ2v) is 4.71. The molecule has 1 atom stereocenters. The van der Waals surface area contributed by atoms with E-state index in [2.05, 4.69) is 4.90 Å². The van der Waals surface area contributed by atoms with E-state index in [0.717, 1.165) is 19.5 Å². The van der Waals surface area contributed by atoms with Crippen molar-refractivity contribution in [2.24, 2.45) is 0 Å². The molecule has 0 aliphatic carbocycles. The lowest BCUT2D eigenvalue weighted by Gasteiger charge is -2.33. The minimum absolute atomic E-state index is 0.156. The monoisotopic (exact) mass is 231 g/mol. The molecule has 0 radical (unpaired) electrons. The molecule has 1 unspecified atom stereocenters. The van der Waals surface area contributed by atoms with Crippen molar-refractivity contribution in [1.29, 1.82) is 0 Å². The zero-order valence-corrected chi connectivity index (χ0v) is 10.2. The lowest BCUT2D eigenvalue weighted by Crippen LogP contribution is -2.47. The molecule has 1 rings (SSSR count). The molecule has 0 aromatic heterocycles. The summed E-state index contributed by atoms with van der Waals surface area (Å²) in [6.07, 6.45) is 0.204. The quantitative estimate of drug-likeness (QED) is 0.750. The number of morpholine rings is 1. The summed E-state index contributed by atoms with van der Waals surface area (Å²) in [4.78, 5) is 12.9. The van der Waals surface area contributed by atoms with Crippen molar-refractivity contribution in [2.75, 3.05) is 33.4 Å². The number of hydrogen-bond donors (Lipinski definition) is 1. The third-order valence-electron chi connectivity index (χ3n) is 3.01. The van der Waals surface area contributed by atoms with Crippen molar-refractivity contribution < 1.29 is 19.4 Å². The number of nitrogens with zero attached hydrogens (tertiary/aromatic N) is 1. The molecule has 0 aromatic carbocycles. The third-order valence-corrected chi connectivity index (χ3v) is 3.01. The number of hydrogen-bond acceptors (Lipinski definition) is 4. The van der Waals surface area contributed by atoms with Crippen molar-refractivity contribution in [2.45, 2.75) is 32.0 Å². The van der Waals surface area contributed by atoms with Gasteiger partial charge in [-0.1, -0.05) is 0 Å². The van der Waals surface area contributed by atoms with Crippen molar-refractivity contribution >= 4 is 5.97 Å². The Morgan fingerprint density at radius 2 is 2.31 bits per heavy atom. The molecule has 0 spiro atoms. The average molecular weight is 231 g/mol. The van der Waals surface area contributed by atoms with E-state index in [-0.39, 0.29) is 5.60 Å². The van der Waals surface area contributed by atoms with Crippen LogP contribution in [-0.4, -0.2) is 61.0 Å². The second kappa shape index (κ2) is 5.61. The van der Waals surface area contributed by atoms with Crippen LogP contribution in [0.3, 0.4) is 0 Å². The van der Waals surface area contributed by atoms with E-state index < -0.39 is 12.1 Å². The summed E-state index contributed by atoms with van der Waals surface area (Å²) in [5.41, 5.74) is -0.156. The fourth-order valence-corrected chi connectivity index (χ4v) is 1.58. The molecule has 0 bridgehead atoms. The number of ether oxygens (including phenoxy) is 2. The molecule has 1 fully saturated rings. The maximum Gasteiger partial charge on any atom is 0.334 e. The Balaban J connectivity index is 2.35. The standard InChI is InChI=1S/C11H21NO4/c1-11(2,15-3)4-5-12-6-7-16-9(8-12)10(13)14/h9H,4-8H2,1-3H3,(H,13,14). The highest BCUT2D eigenvalue weighted by Gasteiger charge is 2.27. The van der Waals surface area contributed by atoms with Gasteiger partial charge in [0.15, 0.2) is 6.10 Å². The van der Waals surface area contributed by atoms with E-state index >= 15 is 0 Å². The van der Waals surface area contributed by atoms with Gasteiger partial charge >= 0.3 is 5.97 Å². The van der Waals surface area contributed by atoms with Crippen LogP contribution in [-0.2, 0) is 14.3 Å². The molecule has 16 heavy (non-hydrogen) atoms. The van der Waals surface area contributed by atoms with Gasteiger partial charge in [0.25, 0.3) is 0 Å². The van der Waals surface area contributed by atoms with Crippen molar-refractivity contribution in [3.63, 3.8) is 0 Å². The van der Waals surface area contributed by atoms with E-state index in [9.17, 15) is 4.79 Å². The molecular weight excluding hydrogens is 210 g/mol. The lowest BCUT2D eigenvalue weighted by molar-refractivity contribution is -0.156. The van der Waals surface area contributed by atoms with Crippen LogP contribution in [0.25, 0.3) is 0 Å². The predicted octanol–water partition coefficient (Wildman–Crippen LogP) is 0.587. The normalized spacial score (nSPS) is 23.3. The molecule has 1 saturated heterocycles. The lowest BCUT2D eigenvalue weighted by atomic mass is 10.0. The summed E-state index contributed by atoms with van der Waals surface area (Å²) in [6, 6.07) is 0. The number of rotatable bonds is 5. The Hall–Kier alpha value is -0.650. The number of methoxy groups -OCH3 is 1. The minimum Gasteiger partial charge on any atom is -0.479 e. The van der Waals surface area contributed by atoms with E-state index in [0.29, 0.717) is 13.2 Å². The molecule has 0 amide bonds. The third kappa shape index (κ3) is 4.08. The zero-order valence-electron chi connectivity index (χ0n) is 10.2. The summed E-state index contributed by atoms with van der Waals surface area (Å²) >= 11 is 0. The van der Waals surface area contributed by atoms with E-state index in [1.165, 1.54) is 0 Å². The summed E-state index contributed by atoms with van der Waals surface area (Å²) in [5.74, 6) is -0.879. The first-order valence-corrected chi connectivity index (χ1v) is 5.56. The molecule has 5 nitrogen and oxygen atoms in total. The summed E-state index contributed by atoms with van der Waals surface area (Å²) in [7, 11) is 1.69. The Kier molecular flexibility index (Phi) is 4.70. The largest absolute Gasteiger partial charge is 0.479 e. The fraction of sp³-hybridized carbons (Fsp3) is 0.909. The van der Waals surface area contributed by atoms with Crippen LogP contribution in [0.4, 0.5) is 0 Å². The van der Waals surface area contributed by atoms with Gasteiger partial charge in [-0.05, 0) is 20.3 Å². The summed E-state index contributed by atoms with van der Waals surface area (Å²) in [6.45, 7) is 6.65. The molecule has 1 heterocycles. The van der Waals surface area contributed by atoms with Gasteiger partial charge in [0.05, 0.1) is 12.2 Å². The average Bonchev–Trinajstić information content (AvgIpc) is 2.27. The van der Waals surface area contributed by atoms with Gasteiger partial charge in [-0.2, -0.15) is 0 Å². The first-order chi connectivity index (χ1) is 7.44. The zero-order chi connectivity index (χ0) is 12.2. The van der Waals surface area contributed by atoms with Crippen molar-refractivity contribution in [3.05, 3.63) is 0 Å². The highest BCUT2D eigenvalue weighted by Crippen LogP contribution is 2.15. The van der Waals surface area contributed by atoms with Crippen LogP contribution < -0.4 is 0 Å². The van der Waals surface area contributed by atoms with Gasteiger partial charge in [-0.25, -0.2) is 4.79 Å². The second-order valence-electron chi connectivity index (χ2n) is 4.71. The fourth-order valence-electron chi connectivity index (χ4n) is 1.58. The Morgan fingerprint density at radius 1 is 1.62 bits per heavy atom. The minimum atomic E-state index is -0.879. The topological polar surface area (TPSA) is 59.0 Å². The van der Waals surface area contributed by atoms with Crippen LogP contribution in [0, 0.1) is 0 Å². The van der Waals surface area contributed by atoms with E-state index in [1.54, 1.807) is 7.11 Å². The van der Waals surface area contributed by atoms with Gasteiger partial charge < -0.3 is 14.6 Å². The van der Waals surface area contributed by atoms with Gasteiger partial charge in [-0.3, -0.25) is 4.90 Å². The SMILES string of the molecule is COC(C)(C)CCN1CCOC(C(=O)O)C1. The van der Waals surface area contributed by atoms with Gasteiger partial charge in [-0.15, -0.1) is 0 Å². The smallest absolute Gasteiger partial charge is 0.334 e. The highest BCUT2D eigenvalue weighted by molar-refractivity contribution is 5.72. The number of carbonyl (C=O) groups is 1. The molecule has 1 N–H and O–H groups in total. The van der Waals surface area contributed by atoms with E-state index in [4.69, 9.17) is 14.6 Å². The molecule has 0 aromatic rings. The first-order valence-electron chi connectivity index (χ1n) is 5.56. The van der Waals surface area contributed by atoms with Crippen LogP contribution >= 0.6 is 0 Å². The van der Waals surface area contributed by atoms with E-state index in [1.807, 2.05) is 13.8 Å². The number of aliphatic carboxylic acids is 1. The number of carboxylic acids is 1. The maximum atomic E-state index is 10.8.